The van der Waals surface area contributed by atoms with Gasteiger partial charge in [0.2, 0.25) is 0 Å². The molecule has 0 saturated carbocycles. The van der Waals surface area contributed by atoms with Gasteiger partial charge in [0.1, 0.15) is 6.04 Å². The number of carbonyl (C=O) groups is 2. The summed E-state index contributed by atoms with van der Waals surface area (Å²) >= 11 is 0. The van der Waals surface area contributed by atoms with Gasteiger partial charge in [0, 0.05) is 0 Å². The normalized spacial score (nSPS) is 21.2. The Bertz CT molecular complexity index is 276. The van der Waals surface area contributed by atoms with Crippen molar-refractivity contribution in [1.29, 1.82) is 0 Å². The molecule has 5 heteroatoms. The molecule has 0 spiro atoms. The van der Waals surface area contributed by atoms with E-state index in [4.69, 9.17) is 5.11 Å². The number of amides is 3. The van der Waals surface area contributed by atoms with E-state index in [1.165, 1.54) is 0 Å². The molecule has 12 heavy (non-hydrogen) atoms. The number of hydrogen-bond acceptors (Lipinski definition) is 2. The first-order valence-corrected chi connectivity index (χ1v) is 3.38. The molecule has 0 bridgehead atoms. The van der Waals surface area contributed by atoms with E-state index < -0.39 is 12.1 Å². The zero-order valence-corrected chi connectivity index (χ0v) is 6.50. The molecule has 1 aliphatic rings. The van der Waals surface area contributed by atoms with Gasteiger partial charge in [-0.2, -0.15) is 0 Å². The molecule has 0 aliphatic carbocycles. The third-order valence-corrected chi connectivity index (χ3v) is 1.46. The van der Waals surface area contributed by atoms with Crippen molar-refractivity contribution in [1.82, 2.24) is 10.2 Å². The van der Waals surface area contributed by atoms with Crippen LogP contribution in [0.5, 0.6) is 0 Å². The predicted molar refractivity (Wildman–Crippen MR) is 40.5 cm³/mol. The van der Waals surface area contributed by atoms with E-state index in [9.17, 15) is 9.59 Å². The summed E-state index contributed by atoms with van der Waals surface area (Å²) in [7, 11) is 0. The summed E-state index contributed by atoms with van der Waals surface area (Å²) in [5, 5.41) is 10.9. The Labute approximate surface area is 69.3 Å². The number of hydrogen-bond donors (Lipinski definition) is 2. The maximum absolute atomic E-state index is 10.9. The van der Waals surface area contributed by atoms with Crippen molar-refractivity contribution in [3.05, 3.63) is 0 Å². The van der Waals surface area contributed by atoms with Crippen molar-refractivity contribution in [3.8, 4) is 11.8 Å². The second kappa shape index (κ2) is 3.13. The lowest BCUT2D eigenvalue weighted by Crippen LogP contribution is -2.32. The highest BCUT2D eigenvalue weighted by atomic mass is 16.4. The van der Waals surface area contributed by atoms with Gasteiger partial charge in [0.05, 0.1) is 6.54 Å². The van der Waals surface area contributed by atoms with Crippen molar-refractivity contribution < 1.29 is 14.7 Å². The molecule has 1 saturated heterocycles. The summed E-state index contributed by atoms with van der Waals surface area (Å²) in [6.45, 7) is 1.74. The maximum atomic E-state index is 10.9. The Morgan fingerprint density at radius 2 is 2.50 bits per heavy atom. The van der Waals surface area contributed by atoms with E-state index in [1.54, 1.807) is 6.92 Å². The Morgan fingerprint density at radius 3 is 2.92 bits per heavy atom. The minimum absolute atomic E-state index is 0.106. The predicted octanol–water partition coefficient (Wildman–Crippen LogP) is 0.0815. The Kier molecular flexibility index (Phi) is 2.19. The van der Waals surface area contributed by atoms with E-state index >= 15 is 0 Å². The number of imide groups is 1. The molecule has 5 nitrogen and oxygen atoms in total. The van der Waals surface area contributed by atoms with Crippen LogP contribution in [0.2, 0.25) is 0 Å². The van der Waals surface area contributed by atoms with Gasteiger partial charge < -0.3 is 10.4 Å². The molecule has 1 heterocycles. The highest BCUT2D eigenvalue weighted by Crippen LogP contribution is 2.02. The number of carboxylic acid groups (broad SMARTS) is 1. The maximum Gasteiger partial charge on any atom is 0.415 e. The SMILES string of the molecule is CC#CC1CN(C(=O)O)C(=O)N1. The smallest absolute Gasteiger partial charge is 0.415 e. The van der Waals surface area contributed by atoms with Gasteiger partial charge in [0.25, 0.3) is 0 Å². The van der Waals surface area contributed by atoms with Gasteiger partial charge in [-0.3, -0.25) is 0 Å². The zero-order chi connectivity index (χ0) is 9.14. The highest BCUT2D eigenvalue weighted by molar-refractivity contribution is 5.92. The second-order valence-electron chi connectivity index (χ2n) is 2.29. The average Bonchev–Trinajstić information content (AvgIpc) is 2.32. The summed E-state index contributed by atoms with van der Waals surface area (Å²) < 4.78 is 0. The second-order valence-corrected chi connectivity index (χ2v) is 2.29. The number of nitrogens with zero attached hydrogens (tertiary/aromatic N) is 1. The highest BCUT2D eigenvalue weighted by Gasteiger charge is 2.31. The van der Waals surface area contributed by atoms with Crippen LogP contribution in [0.1, 0.15) is 6.92 Å². The summed E-state index contributed by atoms with van der Waals surface area (Å²) in [6.07, 6.45) is -1.24. The lowest BCUT2D eigenvalue weighted by Gasteiger charge is -2.04. The van der Waals surface area contributed by atoms with E-state index in [-0.39, 0.29) is 12.6 Å². The van der Waals surface area contributed by atoms with Crippen molar-refractivity contribution in [2.45, 2.75) is 13.0 Å². The molecule has 3 amide bonds. The van der Waals surface area contributed by atoms with Crippen LogP contribution in [0.3, 0.4) is 0 Å². The molecule has 1 unspecified atom stereocenters. The molecule has 0 aromatic heterocycles. The van der Waals surface area contributed by atoms with Crippen molar-refractivity contribution in [3.63, 3.8) is 0 Å². The molecule has 0 aromatic rings. The molecule has 1 rings (SSSR count). The van der Waals surface area contributed by atoms with Gasteiger partial charge in [-0.05, 0) is 6.92 Å². The Hall–Kier alpha value is -1.70. The molecule has 1 aliphatic heterocycles. The van der Waals surface area contributed by atoms with Crippen molar-refractivity contribution >= 4 is 12.1 Å². The first kappa shape index (κ1) is 8.40. The minimum Gasteiger partial charge on any atom is -0.465 e. The summed E-state index contributed by atoms with van der Waals surface area (Å²) in [4.78, 5) is 21.9. The molecule has 1 fully saturated rings. The lowest BCUT2D eigenvalue weighted by molar-refractivity contribution is 0.158. The number of nitrogens with one attached hydrogen (secondary N) is 1. The van der Waals surface area contributed by atoms with Gasteiger partial charge in [-0.1, -0.05) is 5.92 Å². The first-order valence-electron chi connectivity index (χ1n) is 3.38. The largest absolute Gasteiger partial charge is 0.465 e. The molecule has 64 valence electrons. The van der Waals surface area contributed by atoms with Crippen LogP contribution in [0.25, 0.3) is 0 Å². The van der Waals surface area contributed by atoms with Gasteiger partial charge in [-0.15, -0.1) is 5.92 Å². The Balaban J connectivity index is 2.66. The fourth-order valence-electron chi connectivity index (χ4n) is 0.959. The van der Waals surface area contributed by atoms with Crippen LogP contribution in [0, 0.1) is 11.8 Å². The topological polar surface area (TPSA) is 69.6 Å². The third-order valence-electron chi connectivity index (χ3n) is 1.46. The summed E-state index contributed by atoms with van der Waals surface area (Å²) in [5.74, 6) is 5.28. The summed E-state index contributed by atoms with van der Waals surface area (Å²) in [6, 6.07) is -0.964. The fourth-order valence-corrected chi connectivity index (χ4v) is 0.959. The van der Waals surface area contributed by atoms with Gasteiger partial charge in [-0.25, -0.2) is 14.5 Å². The molecule has 0 radical (unpaired) electrons. The number of carbonyl (C=O) groups excluding carboxylic acids is 1. The molecular weight excluding hydrogens is 160 g/mol. The van der Waals surface area contributed by atoms with Crippen molar-refractivity contribution in [2.24, 2.45) is 0 Å². The standard InChI is InChI=1S/C7H8N2O3/c1-2-3-5-4-9(7(11)12)6(10)8-5/h5H,4H2,1H3,(H,8,10)(H,11,12). The van der Waals surface area contributed by atoms with Gasteiger partial charge in [0.15, 0.2) is 0 Å². The van der Waals surface area contributed by atoms with Gasteiger partial charge >= 0.3 is 12.1 Å². The Morgan fingerprint density at radius 1 is 1.83 bits per heavy atom. The number of rotatable bonds is 0. The molecular formula is C7H8N2O3. The molecule has 0 aromatic carbocycles. The lowest BCUT2D eigenvalue weighted by atomic mass is 10.3. The van der Waals surface area contributed by atoms with E-state index in [2.05, 4.69) is 17.2 Å². The monoisotopic (exact) mass is 168 g/mol. The molecule has 1 atom stereocenters. The fraction of sp³-hybridized carbons (Fsp3) is 0.429. The third kappa shape index (κ3) is 1.48. The van der Waals surface area contributed by atoms with E-state index in [1.807, 2.05) is 0 Å². The molecule has 2 N–H and O–H groups in total. The zero-order valence-electron chi connectivity index (χ0n) is 6.50. The number of urea groups is 1. The van der Waals surface area contributed by atoms with E-state index in [0.29, 0.717) is 4.90 Å². The first-order chi connectivity index (χ1) is 5.65. The van der Waals surface area contributed by atoms with Crippen LogP contribution >= 0.6 is 0 Å². The van der Waals surface area contributed by atoms with Crippen LogP contribution in [0.4, 0.5) is 9.59 Å². The van der Waals surface area contributed by atoms with Crippen molar-refractivity contribution in [2.75, 3.05) is 6.54 Å². The quantitative estimate of drug-likeness (QED) is 0.503. The van der Waals surface area contributed by atoms with E-state index in [0.717, 1.165) is 0 Å². The van der Waals surface area contributed by atoms with Crippen LogP contribution in [-0.4, -0.2) is 34.7 Å². The van der Waals surface area contributed by atoms with Crippen LogP contribution in [-0.2, 0) is 0 Å². The average molecular weight is 168 g/mol. The minimum atomic E-state index is -1.24. The van der Waals surface area contributed by atoms with Crippen LogP contribution < -0.4 is 5.32 Å². The summed E-state index contributed by atoms with van der Waals surface area (Å²) in [5.41, 5.74) is 0. The van der Waals surface area contributed by atoms with Crippen LogP contribution in [0.15, 0.2) is 0 Å².